The smallest absolute Gasteiger partial charge is 0.0495 e. The van der Waals surface area contributed by atoms with E-state index in [0.29, 0.717) is 0 Å². The molecule has 94 valence electrons. The van der Waals surface area contributed by atoms with Crippen LogP contribution in [0.2, 0.25) is 0 Å². The van der Waals surface area contributed by atoms with Crippen LogP contribution in [0.5, 0.6) is 0 Å². The number of benzene rings is 2. The number of fused-ring (bicyclic) bond motifs is 1. The van der Waals surface area contributed by atoms with Gasteiger partial charge >= 0.3 is 0 Å². The molecule has 0 saturated carbocycles. The molecule has 2 nitrogen and oxygen atoms in total. The molecule has 0 aromatic heterocycles. The molecule has 1 atom stereocenters. The molecule has 1 fully saturated rings. The number of ether oxygens (including phenoxy) is 1. The maximum atomic E-state index is 5.39. The second kappa shape index (κ2) is 5.40. The number of hydrogen-bond acceptors (Lipinski definition) is 2. The highest BCUT2D eigenvalue weighted by Crippen LogP contribution is 2.20. The first-order valence-corrected chi connectivity index (χ1v) is 6.72. The molecule has 0 amide bonds. The van der Waals surface area contributed by atoms with E-state index in [-0.39, 0.29) is 0 Å². The zero-order chi connectivity index (χ0) is 12.2. The van der Waals surface area contributed by atoms with E-state index in [0.717, 1.165) is 25.7 Å². The lowest BCUT2D eigenvalue weighted by molar-refractivity contribution is 0.185. The molecule has 1 N–H and O–H groups in total. The van der Waals surface area contributed by atoms with Gasteiger partial charge in [0.05, 0.1) is 0 Å². The predicted molar refractivity (Wildman–Crippen MR) is 76.0 cm³/mol. The van der Waals surface area contributed by atoms with Crippen molar-refractivity contribution in [3.8, 4) is 0 Å². The molecule has 0 spiro atoms. The van der Waals surface area contributed by atoms with Gasteiger partial charge in [0.1, 0.15) is 0 Å². The second-order valence-electron chi connectivity index (χ2n) is 5.01. The molecular weight excluding hydrogens is 222 g/mol. The fraction of sp³-hybridized carbons (Fsp3) is 0.375. The first kappa shape index (κ1) is 11.5. The summed E-state index contributed by atoms with van der Waals surface area (Å²) in [6.07, 6.45) is 2.42. The highest BCUT2D eigenvalue weighted by Gasteiger charge is 2.14. The summed E-state index contributed by atoms with van der Waals surface area (Å²) in [5.41, 5.74) is 1.22. The molecule has 0 aliphatic carbocycles. The normalized spacial score (nSPS) is 19.2. The van der Waals surface area contributed by atoms with Gasteiger partial charge in [-0.15, -0.1) is 0 Å². The molecule has 1 unspecified atom stereocenters. The van der Waals surface area contributed by atoms with E-state index < -0.39 is 0 Å². The minimum absolute atomic E-state index is 0.748. The van der Waals surface area contributed by atoms with Crippen molar-refractivity contribution in [1.29, 1.82) is 0 Å². The van der Waals surface area contributed by atoms with Crippen molar-refractivity contribution in [2.75, 3.05) is 25.1 Å². The van der Waals surface area contributed by atoms with Crippen LogP contribution < -0.4 is 5.32 Å². The largest absolute Gasteiger partial charge is 0.385 e. The molecule has 0 bridgehead atoms. The Balaban J connectivity index is 1.60. The second-order valence-corrected chi connectivity index (χ2v) is 5.01. The van der Waals surface area contributed by atoms with Crippen LogP contribution in [0.4, 0.5) is 5.69 Å². The fourth-order valence-electron chi connectivity index (χ4n) is 2.53. The van der Waals surface area contributed by atoms with E-state index in [1.807, 2.05) is 0 Å². The highest BCUT2D eigenvalue weighted by molar-refractivity contribution is 5.85. The van der Waals surface area contributed by atoms with Crippen LogP contribution in [0, 0.1) is 5.92 Å². The number of nitrogens with one attached hydrogen (secondary N) is 1. The maximum Gasteiger partial charge on any atom is 0.0495 e. The van der Waals surface area contributed by atoms with Crippen LogP contribution in [0.3, 0.4) is 0 Å². The van der Waals surface area contributed by atoms with Gasteiger partial charge in [0.25, 0.3) is 0 Å². The van der Waals surface area contributed by atoms with Gasteiger partial charge in [-0.2, -0.15) is 0 Å². The zero-order valence-corrected chi connectivity index (χ0v) is 10.6. The van der Waals surface area contributed by atoms with Gasteiger partial charge in [-0.3, -0.25) is 0 Å². The zero-order valence-electron chi connectivity index (χ0n) is 10.6. The van der Waals surface area contributed by atoms with Crippen LogP contribution in [-0.4, -0.2) is 19.8 Å². The number of rotatable bonds is 4. The van der Waals surface area contributed by atoms with Gasteiger partial charge < -0.3 is 10.1 Å². The molecular formula is C16H19NO. The van der Waals surface area contributed by atoms with Crippen molar-refractivity contribution < 1.29 is 4.74 Å². The van der Waals surface area contributed by atoms with E-state index in [9.17, 15) is 0 Å². The first-order valence-electron chi connectivity index (χ1n) is 6.72. The Labute approximate surface area is 108 Å². The molecule has 1 saturated heterocycles. The quantitative estimate of drug-likeness (QED) is 0.881. The summed E-state index contributed by atoms with van der Waals surface area (Å²) in [5, 5.41) is 6.10. The number of anilines is 1. The van der Waals surface area contributed by atoms with E-state index in [1.165, 1.54) is 29.3 Å². The van der Waals surface area contributed by atoms with Crippen LogP contribution in [0.1, 0.15) is 12.8 Å². The van der Waals surface area contributed by atoms with Gasteiger partial charge in [0, 0.05) is 25.4 Å². The molecule has 2 aromatic carbocycles. The lowest BCUT2D eigenvalue weighted by Gasteiger charge is -2.10. The van der Waals surface area contributed by atoms with Crippen LogP contribution in [0.15, 0.2) is 42.5 Å². The van der Waals surface area contributed by atoms with E-state index in [2.05, 4.69) is 47.8 Å². The minimum atomic E-state index is 0.748. The summed E-state index contributed by atoms with van der Waals surface area (Å²) in [7, 11) is 0. The third-order valence-corrected chi connectivity index (χ3v) is 3.66. The van der Waals surface area contributed by atoms with Crippen LogP contribution in [0.25, 0.3) is 10.8 Å². The summed E-state index contributed by atoms with van der Waals surface area (Å²) in [6.45, 7) is 2.92. The molecule has 2 aromatic rings. The SMILES string of the molecule is c1ccc2cc(NCCC3CCOC3)ccc2c1. The Morgan fingerprint density at radius 2 is 2.00 bits per heavy atom. The fourth-order valence-corrected chi connectivity index (χ4v) is 2.53. The summed E-state index contributed by atoms with van der Waals surface area (Å²) in [5.74, 6) is 0.748. The maximum absolute atomic E-state index is 5.39. The first-order chi connectivity index (χ1) is 8.92. The van der Waals surface area contributed by atoms with Crippen molar-refractivity contribution in [2.45, 2.75) is 12.8 Å². The summed E-state index contributed by atoms with van der Waals surface area (Å²) in [4.78, 5) is 0. The Bertz CT molecular complexity index is 517. The summed E-state index contributed by atoms with van der Waals surface area (Å²) in [6, 6.07) is 15.0. The van der Waals surface area contributed by atoms with E-state index >= 15 is 0 Å². The van der Waals surface area contributed by atoms with Crippen molar-refractivity contribution in [3.05, 3.63) is 42.5 Å². The van der Waals surface area contributed by atoms with Gasteiger partial charge in [0.2, 0.25) is 0 Å². The molecule has 1 aliphatic rings. The van der Waals surface area contributed by atoms with Gasteiger partial charge in [-0.1, -0.05) is 30.3 Å². The number of hydrogen-bond donors (Lipinski definition) is 1. The van der Waals surface area contributed by atoms with E-state index in [1.54, 1.807) is 0 Å². The monoisotopic (exact) mass is 241 g/mol. The highest BCUT2D eigenvalue weighted by atomic mass is 16.5. The minimum Gasteiger partial charge on any atom is -0.385 e. The standard InChI is InChI=1S/C16H19NO/c1-2-4-15-11-16(6-5-14(15)3-1)17-9-7-13-8-10-18-12-13/h1-6,11,13,17H,7-10,12H2. The molecule has 1 aliphatic heterocycles. The van der Waals surface area contributed by atoms with Gasteiger partial charge in [0.15, 0.2) is 0 Å². The Kier molecular flexibility index (Phi) is 3.47. The van der Waals surface area contributed by atoms with Crippen molar-refractivity contribution in [2.24, 2.45) is 5.92 Å². The summed E-state index contributed by atoms with van der Waals surface area (Å²) >= 11 is 0. The molecule has 3 rings (SSSR count). The molecule has 18 heavy (non-hydrogen) atoms. The molecule has 0 radical (unpaired) electrons. The Morgan fingerprint density at radius 1 is 1.11 bits per heavy atom. The lowest BCUT2D eigenvalue weighted by Crippen LogP contribution is -2.08. The van der Waals surface area contributed by atoms with Crippen molar-refractivity contribution >= 4 is 16.5 Å². The topological polar surface area (TPSA) is 21.3 Å². The average molecular weight is 241 g/mol. The summed E-state index contributed by atoms with van der Waals surface area (Å²) < 4.78 is 5.39. The van der Waals surface area contributed by atoms with Crippen LogP contribution >= 0.6 is 0 Å². The van der Waals surface area contributed by atoms with Gasteiger partial charge in [-0.25, -0.2) is 0 Å². The third kappa shape index (κ3) is 2.65. The van der Waals surface area contributed by atoms with E-state index in [4.69, 9.17) is 4.74 Å². The van der Waals surface area contributed by atoms with Crippen molar-refractivity contribution in [1.82, 2.24) is 0 Å². The predicted octanol–water partition coefficient (Wildman–Crippen LogP) is 3.68. The molecule has 2 heteroatoms. The average Bonchev–Trinajstić information content (AvgIpc) is 2.92. The molecule has 1 heterocycles. The third-order valence-electron chi connectivity index (χ3n) is 3.66. The van der Waals surface area contributed by atoms with Crippen LogP contribution in [-0.2, 0) is 4.74 Å². The van der Waals surface area contributed by atoms with Gasteiger partial charge in [-0.05, 0) is 41.7 Å². The Hall–Kier alpha value is -1.54. The Morgan fingerprint density at radius 3 is 2.83 bits per heavy atom. The van der Waals surface area contributed by atoms with Crippen molar-refractivity contribution in [3.63, 3.8) is 0 Å². The lowest BCUT2D eigenvalue weighted by atomic mass is 10.1.